The van der Waals surface area contributed by atoms with Crippen LogP contribution in [0.4, 0.5) is 0 Å². The Kier molecular flexibility index (Phi) is 5.89. The summed E-state index contributed by atoms with van der Waals surface area (Å²) in [4.78, 5) is 0. The molecule has 5 rings (SSSR count). The number of nitrogens with zero attached hydrogens (tertiary/aromatic N) is 2. The average Bonchev–Trinajstić information content (AvgIpc) is 3.51. The smallest absolute Gasteiger partial charge is 0.0962 e. The van der Waals surface area contributed by atoms with Crippen LogP contribution >= 0.6 is 0 Å². The molecule has 4 heteroatoms. The van der Waals surface area contributed by atoms with Crippen LogP contribution in [-0.4, -0.2) is 20.4 Å². The average molecular weight is 447 g/mol. The molecule has 34 heavy (non-hydrogen) atoms. The lowest BCUT2D eigenvalue weighted by molar-refractivity contribution is 0.871. The minimum absolute atomic E-state index is 0.328. The molecule has 0 atom stereocenters. The largest absolute Gasteiger partial charge is 0.277 e. The summed E-state index contributed by atoms with van der Waals surface area (Å²) in [6.07, 6.45) is 0. The molecule has 0 saturated carbocycles. The second kappa shape index (κ2) is 9.14. The lowest BCUT2D eigenvalue weighted by Crippen LogP contribution is -1.94. The molecule has 2 N–H and O–H groups in total. The number of nitrogens with one attached hydrogen (secondary N) is 2. The van der Waals surface area contributed by atoms with Crippen molar-refractivity contribution in [2.75, 3.05) is 0 Å². The summed E-state index contributed by atoms with van der Waals surface area (Å²) in [6, 6.07) is 29.5. The zero-order valence-electron chi connectivity index (χ0n) is 20.1. The number of benzene rings is 3. The van der Waals surface area contributed by atoms with Crippen molar-refractivity contribution in [3.8, 4) is 45.0 Å². The third-order valence-corrected chi connectivity index (χ3v) is 6.30. The zero-order chi connectivity index (χ0) is 23.7. The fraction of sp³-hybridized carbons (Fsp3) is 0.200. The molecule has 0 aliphatic carbocycles. The summed E-state index contributed by atoms with van der Waals surface area (Å²) >= 11 is 0. The van der Waals surface area contributed by atoms with E-state index < -0.39 is 0 Å². The second-order valence-electron chi connectivity index (χ2n) is 9.34. The van der Waals surface area contributed by atoms with Crippen molar-refractivity contribution >= 4 is 0 Å². The predicted octanol–water partition coefficient (Wildman–Crippen LogP) is 8.05. The Balaban J connectivity index is 1.62. The molecular formula is C30H30N4. The van der Waals surface area contributed by atoms with Gasteiger partial charge in [0.2, 0.25) is 0 Å². The van der Waals surface area contributed by atoms with Crippen molar-refractivity contribution in [1.82, 2.24) is 20.4 Å². The van der Waals surface area contributed by atoms with Crippen LogP contribution in [0.2, 0.25) is 0 Å². The van der Waals surface area contributed by atoms with Gasteiger partial charge >= 0.3 is 0 Å². The van der Waals surface area contributed by atoms with Gasteiger partial charge in [-0.2, -0.15) is 10.2 Å². The fourth-order valence-corrected chi connectivity index (χ4v) is 4.73. The van der Waals surface area contributed by atoms with Crippen molar-refractivity contribution in [1.29, 1.82) is 0 Å². The maximum absolute atomic E-state index is 4.78. The molecule has 0 aliphatic heterocycles. The first-order valence-electron chi connectivity index (χ1n) is 11.9. The van der Waals surface area contributed by atoms with Crippen molar-refractivity contribution < 1.29 is 0 Å². The van der Waals surface area contributed by atoms with E-state index in [9.17, 15) is 0 Å². The van der Waals surface area contributed by atoms with Crippen LogP contribution in [0.25, 0.3) is 45.0 Å². The molecule has 0 spiro atoms. The monoisotopic (exact) mass is 446 g/mol. The van der Waals surface area contributed by atoms with Crippen LogP contribution < -0.4 is 0 Å². The first kappa shape index (κ1) is 21.9. The third kappa shape index (κ3) is 3.96. The van der Waals surface area contributed by atoms with Crippen LogP contribution in [0.1, 0.15) is 50.7 Å². The Hall–Kier alpha value is -3.92. The molecule has 0 unspecified atom stereocenters. The van der Waals surface area contributed by atoms with Gasteiger partial charge in [0, 0.05) is 22.3 Å². The Bertz CT molecular complexity index is 1290. The van der Waals surface area contributed by atoms with Crippen LogP contribution in [0, 0.1) is 0 Å². The van der Waals surface area contributed by atoms with Crippen LogP contribution in [0.15, 0.2) is 84.9 Å². The zero-order valence-corrected chi connectivity index (χ0v) is 20.1. The standard InChI is InChI=1S/C30H30N4/c1-19(2)25-27(21-12-7-5-8-13-21)31-33-29(25)23-16-11-17-24(18-23)30-26(20(3)4)28(32-34-30)22-14-9-6-10-15-22/h5-20H,1-4H3,(H,31,33)(H,32,34). The highest BCUT2D eigenvalue weighted by atomic mass is 15.1. The second-order valence-corrected chi connectivity index (χ2v) is 9.34. The van der Waals surface area contributed by atoms with E-state index in [4.69, 9.17) is 10.2 Å². The molecule has 2 heterocycles. The first-order chi connectivity index (χ1) is 16.5. The quantitative estimate of drug-likeness (QED) is 0.277. The van der Waals surface area contributed by atoms with E-state index in [1.54, 1.807) is 0 Å². The van der Waals surface area contributed by atoms with E-state index in [1.807, 2.05) is 12.1 Å². The normalized spacial score (nSPS) is 11.5. The molecule has 0 bridgehead atoms. The number of rotatable bonds is 6. The fourth-order valence-electron chi connectivity index (χ4n) is 4.73. The van der Waals surface area contributed by atoms with Gasteiger partial charge in [0.25, 0.3) is 0 Å². The molecule has 4 nitrogen and oxygen atoms in total. The first-order valence-corrected chi connectivity index (χ1v) is 11.9. The Morgan fingerprint density at radius 1 is 0.500 bits per heavy atom. The lowest BCUT2D eigenvalue weighted by Gasteiger charge is -2.12. The molecule has 0 amide bonds. The van der Waals surface area contributed by atoms with E-state index >= 15 is 0 Å². The molecule has 5 aromatic rings. The summed E-state index contributed by atoms with van der Waals surface area (Å²) in [7, 11) is 0. The summed E-state index contributed by atoms with van der Waals surface area (Å²) in [6.45, 7) is 8.89. The van der Waals surface area contributed by atoms with E-state index in [2.05, 4.69) is 111 Å². The molecule has 2 aromatic heterocycles. The molecule has 0 saturated heterocycles. The Labute approximate surface area is 201 Å². The van der Waals surface area contributed by atoms with Crippen molar-refractivity contribution in [3.63, 3.8) is 0 Å². The van der Waals surface area contributed by atoms with E-state index in [-0.39, 0.29) is 0 Å². The maximum atomic E-state index is 4.78. The van der Waals surface area contributed by atoms with Crippen molar-refractivity contribution in [2.45, 2.75) is 39.5 Å². The van der Waals surface area contributed by atoms with E-state index in [0.717, 1.165) is 45.0 Å². The maximum Gasteiger partial charge on any atom is 0.0962 e. The number of hydrogen-bond acceptors (Lipinski definition) is 2. The van der Waals surface area contributed by atoms with E-state index in [0.29, 0.717) is 11.8 Å². The van der Waals surface area contributed by atoms with Gasteiger partial charge in [-0.15, -0.1) is 0 Å². The van der Waals surface area contributed by atoms with Crippen molar-refractivity contribution in [2.24, 2.45) is 0 Å². The summed E-state index contributed by atoms with van der Waals surface area (Å²) in [5, 5.41) is 16.2. The number of H-pyrrole nitrogens is 2. The SMILES string of the molecule is CC(C)c1c(-c2cccc(-c3n[nH]c(-c4ccccc4)c3C(C)C)c2)n[nH]c1-c1ccccc1. The predicted molar refractivity (Wildman–Crippen MR) is 141 cm³/mol. The Morgan fingerprint density at radius 2 is 0.882 bits per heavy atom. The highest BCUT2D eigenvalue weighted by Gasteiger charge is 2.22. The molecule has 0 radical (unpaired) electrons. The highest BCUT2D eigenvalue weighted by molar-refractivity contribution is 5.80. The number of aromatic nitrogens is 4. The minimum atomic E-state index is 0.328. The topological polar surface area (TPSA) is 57.4 Å². The van der Waals surface area contributed by atoms with Gasteiger partial charge in [-0.05, 0) is 29.0 Å². The van der Waals surface area contributed by atoms with Crippen LogP contribution in [-0.2, 0) is 0 Å². The van der Waals surface area contributed by atoms with E-state index in [1.165, 1.54) is 11.1 Å². The lowest BCUT2D eigenvalue weighted by atomic mass is 9.91. The van der Waals surface area contributed by atoms with Gasteiger partial charge < -0.3 is 0 Å². The Morgan fingerprint density at radius 3 is 1.26 bits per heavy atom. The number of aromatic amines is 2. The molecular weight excluding hydrogens is 416 g/mol. The summed E-state index contributed by atoms with van der Waals surface area (Å²) in [5.74, 6) is 0.655. The molecule has 0 fully saturated rings. The summed E-state index contributed by atoms with van der Waals surface area (Å²) < 4.78 is 0. The molecule has 3 aromatic carbocycles. The van der Waals surface area contributed by atoms with Crippen molar-refractivity contribution in [3.05, 3.63) is 96.1 Å². The summed E-state index contributed by atoms with van der Waals surface area (Å²) in [5.41, 5.74) is 11.2. The van der Waals surface area contributed by atoms with Gasteiger partial charge in [0.1, 0.15) is 0 Å². The third-order valence-electron chi connectivity index (χ3n) is 6.30. The van der Waals surface area contributed by atoms with Gasteiger partial charge in [0.05, 0.1) is 22.8 Å². The van der Waals surface area contributed by atoms with Gasteiger partial charge in [-0.1, -0.05) is 107 Å². The highest BCUT2D eigenvalue weighted by Crippen LogP contribution is 2.39. The minimum Gasteiger partial charge on any atom is -0.277 e. The van der Waals surface area contributed by atoms with Gasteiger partial charge in [-0.25, -0.2) is 0 Å². The molecule has 170 valence electrons. The molecule has 0 aliphatic rings. The van der Waals surface area contributed by atoms with Gasteiger partial charge in [-0.3, -0.25) is 10.2 Å². The number of hydrogen-bond donors (Lipinski definition) is 2. The van der Waals surface area contributed by atoms with Gasteiger partial charge in [0.15, 0.2) is 0 Å². The van der Waals surface area contributed by atoms with Crippen LogP contribution in [0.3, 0.4) is 0 Å². The van der Waals surface area contributed by atoms with Crippen LogP contribution in [0.5, 0.6) is 0 Å².